The van der Waals surface area contributed by atoms with Crippen LogP contribution >= 0.6 is 23.1 Å². The molecule has 7 heteroatoms. The van der Waals surface area contributed by atoms with Gasteiger partial charge in [-0.2, -0.15) is 11.8 Å². The second-order valence-electron chi connectivity index (χ2n) is 3.65. The van der Waals surface area contributed by atoms with Gasteiger partial charge in [0.05, 0.1) is 11.4 Å². The van der Waals surface area contributed by atoms with Crippen molar-refractivity contribution < 1.29 is 13.6 Å². The molecule has 0 aliphatic heterocycles. The molecule has 0 fully saturated rings. The van der Waals surface area contributed by atoms with Crippen LogP contribution in [0.25, 0.3) is 11.3 Å². The first-order chi connectivity index (χ1) is 9.10. The average molecular weight is 300 g/mol. The van der Waals surface area contributed by atoms with Crippen molar-refractivity contribution in [3.63, 3.8) is 0 Å². The fraction of sp³-hybridized carbons (Fsp3) is 0.167. The summed E-state index contributed by atoms with van der Waals surface area (Å²) in [5, 5.41) is 4.76. The molecule has 100 valence electrons. The second-order valence-corrected chi connectivity index (χ2v) is 5.37. The van der Waals surface area contributed by atoms with E-state index in [-0.39, 0.29) is 5.91 Å². The van der Waals surface area contributed by atoms with Gasteiger partial charge in [-0.1, -0.05) is 0 Å². The maximum atomic E-state index is 13.1. The number of thioether (sulfide) groups is 1. The van der Waals surface area contributed by atoms with Gasteiger partial charge >= 0.3 is 0 Å². The Hall–Kier alpha value is -1.47. The number of amides is 1. The van der Waals surface area contributed by atoms with E-state index in [2.05, 4.69) is 10.3 Å². The number of carbonyl (C=O) groups is 1. The summed E-state index contributed by atoms with van der Waals surface area (Å²) >= 11 is 2.65. The van der Waals surface area contributed by atoms with Crippen LogP contribution in [0.5, 0.6) is 0 Å². The van der Waals surface area contributed by atoms with E-state index < -0.39 is 11.6 Å². The minimum absolute atomic E-state index is 0.140. The van der Waals surface area contributed by atoms with Gasteiger partial charge < -0.3 is 5.32 Å². The number of rotatable bonds is 4. The van der Waals surface area contributed by atoms with Crippen molar-refractivity contribution in [3.05, 3.63) is 35.2 Å². The highest BCUT2D eigenvalue weighted by Gasteiger charge is 2.09. The lowest BCUT2D eigenvalue weighted by Crippen LogP contribution is -2.13. The molecule has 0 aliphatic carbocycles. The summed E-state index contributed by atoms with van der Waals surface area (Å²) in [6.07, 6.45) is 1.83. The summed E-state index contributed by atoms with van der Waals surface area (Å²) in [4.78, 5) is 15.5. The molecule has 0 atom stereocenters. The lowest BCUT2D eigenvalue weighted by Gasteiger charge is -1.99. The van der Waals surface area contributed by atoms with E-state index in [4.69, 9.17) is 0 Å². The van der Waals surface area contributed by atoms with E-state index in [9.17, 15) is 13.6 Å². The highest BCUT2D eigenvalue weighted by Crippen LogP contribution is 2.26. The molecule has 1 heterocycles. The third-order valence-electron chi connectivity index (χ3n) is 2.24. The predicted molar refractivity (Wildman–Crippen MR) is 74.5 cm³/mol. The largest absolute Gasteiger partial charge is 0.301 e. The first kappa shape index (κ1) is 14.0. The molecule has 0 aliphatic rings. The Bertz CT molecular complexity index is 601. The number of nitrogens with one attached hydrogen (secondary N) is 1. The van der Waals surface area contributed by atoms with Crippen LogP contribution in [0, 0.1) is 11.6 Å². The summed E-state index contributed by atoms with van der Waals surface area (Å²) in [7, 11) is 0. The number of anilines is 1. The Kier molecular flexibility index (Phi) is 4.49. The lowest BCUT2D eigenvalue weighted by molar-refractivity contribution is -0.113. The lowest BCUT2D eigenvalue weighted by atomic mass is 10.2. The van der Waals surface area contributed by atoms with E-state index in [0.717, 1.165) is 12.1 Å². The average Bonchev–Trinajstić information content (AvgIpc) is 2.81. The Morgan fingerprint density at radius 2 is 2.21 bits per heavy atom. The zero-order valence-electron chi connectivity index (χ0n) is 9.94. The molecule has 1 aromatic heterocycles. The first-order valence-corrected chi connectivity index (χ1v) is 7.57. The fourth-order valence-corrected chi connectivity index (χ4v) is 2.48. The van der Waals surface area contributed by atoms with Gasteiger partial charge in [0.2, 0.25) is 5.91 Å². The molecule has 3 nitrogen and oxygen atoms in total. The molecular formula is C12H10F2N2OS2. The third kappa shape index (κ3) is 3.51. The molecule has 0 saturated heterocycles. The molecular weight excluding hydrogens is 290 g/mol. The van der Waals surface area contributed by atoms with Gasteiger partial charge in [0.15, 0.2) is 16.8 Å². The summed E-state index contributed by atoms with van der Waals surface area (Å²) in [6.45, 7) is 0. The van der Waals surface area contributed by atoms with Crippen molar-refractivity contribution in [3.8, 4) is 11.3 Å². The van der Waals surface area contributed by atoms with Crippen LogP contribution in [-0.4, -0.2) is 22.9 Å². The number of thiazole rings is 1. The summed E-state index contributed by atoms with van der Waals surface area (Å²) in [5.74, 6) is -1.61. The third-order valence-corrected chi connectivity index (χ3v) is 3.55. The van der Waals surface area contributed by atoms with Crippen molar-refractivity contribution in [2.45, 2.75) is 0 Å². The molecule has 1 N–H and O–H groups in total. The zero-order chi connectivity index (χ0) is 13.8. The molecule has 0 bridgehead atoms. The number of carbonyl (C=O) groups excluding carboxylic acids is 1. The van der Waals surface area contributed by atoms with Crippen molar-refractivity contribution in [2.24, 2.45) is 0 Å². The SMILES string of the molecule is CSCC(=O)Nc1nc(-c2ccc(F)c(F)c2)cs1. The normalized spacial score (nSPS) is 10.5. The van der Waals surface area contributed by atoms with E-state index in [0.29, 0.717) is 22.1 Å². The van der Waals surface area contributed by atoms with Crippen LogP contribution < -0.4 is 5.32 Å². The molecule has 0 spiro atoms. The van der Waals surface area contributed by atoms with Crippen LogP contribution in [0.2, 0.25) is 0 Å². The van der Waals surface area contributed by atoms with Crippen LogP contribution in [0.3, 0.4) is 0 Å². The number of hydrogen-bond acceptors (Lipinski definition) is 4. The van der Waals surface area contributed by atoms with Crippen molar-refractivity contribution in [1.29, 1.82) is 0 Å². The van der Waals surface area contributed by atoms with Crippen LogP contribution in [0.1, 0.15) is 0 Å². The molecule has 1 aromatic carbocycles. The van der Waals surface area contributed by atoms with Crippen molar-refractivity contribution >= 4 is 34.1 Å². The summed E-state index contributed by atoms with van der Waals surface area (Å²) in [6, 6.07) is 3.58. The van der Waals surface area contributed by atoms with Crippen LogP contribution in [0.4, 0.5) is 13.9 Å². The molecule has 0 unspecified atom stereocenters. The zero-order valence-corrected chi connectivity index (χ0v) is 11.6. The summed E-state index contributed by atoms with van der Waals surface area (Å²) < 4.78 is 25.9. The van der Waals surface area contributed by atoms with Gasteiger partial charge in [0, 0.05) is 10.9 Å². The standard InChI is InChI=1S/C12H10F2N2OS2/c1-18-6-11(17)16-12-15-10(5-19-12)7-2-3-8(13)9(14)4-7/h2-5H,6H2,1H3,(H,15,16,17). The van der Waals surface area contributed by atoms with Gasteiger partial charge in [-0.05, 0) is 24.5 Å². The van der Waals surface area contributed by atoms with Gasteiger partial charge in [-0.25, -0.2) is 13.8 Å². The molecule has 19 heavy (non-hydrogen) atoms. The predicted octanol–water partition coefficient (Wildman–Crippen LogP) is 3.39. The van der Waals surface area contributed by atoms with E-state index in [1.54, 1.807) is 5.38 Å². The number of nitrogens with zero attached hydrogens (tertiary/aromatic N) is 1. The molecule has 0 radical (unpaired) electrons. The van der Waals surface area contributed by atoms with Crippen LogP contribution in [-0.2, 0) is 4.79 Å². The number of benzene rings is 1. The number of aromatic nitrogens is 1. The van der Waals surface area contributed by atoms with E-state index >= 15 is 0 Å². The Labute approximate surface area is 117 Å². The quantitative estimate of drug-likeness (QED) is 0.941. The first-order valence-electron chi connectivity index (χ1n) is 5.30. The molecule has 1 amide bonds. The highest BCUT2D eigenvalue weighted by atomic mass is 32.2. The number of hydrogen-bond donors (Lipinski definition) is 1. The Balaban J connectivity index is 2.16. The van der Waals surface area contributed by atoms with Crippen molar-refractivity contribution in [2.75, 3.05) is 17.3 Å². The minimum atomic E-state index is -0.918. The van der Waals surface area contributed by atoms with E-state index in [1.165, 1.54) is 29.2 Å². The topological polar surface area (TPSA) is 42.0 Å². The van der Waals surface area contributed by atoms with Crippen molar-refractivity contribution in [1.82, 2.24) is 4.98 Å². The number of halogens is 2. The van der Waals surface area contributed by atoms with Gasteiger partial charge in [0.1, 0.15) is 0 Å². The molecule has 2 aromatic rings. The smallest absolute Gasteiger partial charge is 0.236 e. The summed E-state index contributed by atoms with van der Waals surface area (Å²) in [5.41, 5.74) is 0.976. The second kappa shape index (κ2) is 6.12. The maximum absolute atomic E-state index is 13.1. The van der Waals surface area contributed by atoms with Gasteiger partial charge in [-0.3, -0.25) is 4.79 Å². The molecule has 2 rings (SSSR count). The fourth-order valence-electron chi connectivity index (χ4n) is 1.41. The van der Waals surface area contributed by atoms with Crippen LogP contribution in [0.15, 0.2) is 23.6 Å². The van der Waals surface area contributed by atoms with Gasteiger partial charge in [-0.15, -0.1) is 11.3 Å². The molecule has 0 saturated carbocycles. The highest BCUT2D eigenvalue weighted by molar-refractivity contribution is 7.99. The Morgan fingerprint density at radius 3 is 2.89 bits per heavy atom. The van der Waals surface area contributed by atoms with Gasteiger partial charge in [0.25, 0.3) is 0 Å². The Morgan fingerprint density at radius 1 is 1.42 bits per heavy atom. The monoisotopic (exact) mass is 300 g/mol. The minimum Gasteiger partial charge on any atom is -0.301 e. The van der Waals surface area contributed by atoms with E-state index in [1.807, 2.05) is 6.26 Å². The maximum Gasteiger partial charge on any atom is 0.236 e.